The molecule has 190 valence electrons. The minimum atomic E-state index is -0.411. The summed E-state index contributed by atoms with van der Waals surface area (Å²) < 4.78 is 11.5. The van der Waals surface area contributed by atoms with Crippen LogP contribution >= 0.6 is 0 Å². The van der Waals surface area contributed by atoms with Gasteiger partial charge in [-0.3, -0.25) is 9.69 Å². The summed E-state index contributed by atoms with van der Waals surface area (Å²) in [7, 11) is 0. The molecule has 0 saturated carbocycles. The second kappa shape index (κ2) is 10.9. The van der Waals surface area contributed by atoms with Crippen molar-refractivity contribution in [2.45, 2.75) is 25.5 Å². The fourth-order valence-electron chi connectivity index (χ4n) is 4.49. The van der Waals surface area contributed by atoms with Crippen LogP contribution in [0, 0.1) is 0 Å². The number of piperidine rings is 1. The molecule has 1 saturated heterocycles. The number of aromatic nitrogens is 1. The Morgan fingerprint density at radius 1 is 0.919 bits per heavy atom. The van der Waals surface area contributed by atoms with E-state index in [1.54, 1.807) is 48.5 Å². The second-order valence-electron chi connectivity index (χ2n) is 9.04. The van der Waals surface area contributed by atoms with Gasteiger partial charge in [-0.05, 0) is 92.1 Å². The summed E-state index contributed by atoms with van der Waals surface area (Å²) in [4.78, 5) is 15.7. The third-order valence-corrected chi connectivity index (χ3v) is 6.53. The number of phenolic OH excluding ortho intramolecular Hbond substituents is 2. The Labute approximate surface area is 214 Å². The number of carbonyl (C=O) groups is 1. The Bertz CT molecular complexity index is 1280. The number of rotatable bonds is 8. The molecule has 0 amide bonds. The Morgan fingerprint density at radius 2 is 1.57 bits per heavy atom. The van der Waals surface area contributed by atoms with Gasteiger partial charge in [0.15, 0.2) is 11.5 Å². The summed E-state index contributed by atoms with van der Waals surface area (Å²) in [5, 5.41) is 33.6. The number of hydrogen-bond donors (Lipinski definition) is 3. The molecule has 1 atom stereocenters. The highest BCUT2D eigenvalue weighted by atomic mass is 16.5. The molecular formula is C29H28N2O6. The lowest BCUT2D eigenvalue weighted by molar-refractivity contribution is -0.0292. The molecule has 0 bridgehead atoms. The number of hydrogen-bond acceptors (Lipinski definition) is 8. The summed E-state index contributed by atoms with van der Waals surface area (Å²) in [5.74, 6) is 0.833. The molecule has 1 aliphatic rings. The van der Waals surface area contributed by atoms with Crippen molar-refractivity contribution in [3.05, 3.63) is 83.9 Å². The number of aromatic hydroxyl groups is 2. The van der Waals surface area contributed by atoms with Crippen LogP contribution in [0.15, 0.2) is 77.3 Å². The minimum Gasteiger partial charge on any atom is -0.508 e. The molecular weight excluding hydrogens is 472 g/mol. The molecule has 8 heteroatoms. The molecule has 37 heavy (non-hydrogen) atoms. The number of carbonyl (C=O) groups excluding carboxylic acids is 1. The summed E-state index contributed by atoms with van der Waals surface area (Å²) in [6, 6.07) is 19.6. The maximum absolute atomic E-state index is 13.7. The van der Waals surface area contributed by atoms with Crippen molar-refractivity contribution < 1.29 is 29.4 Å². The second-order valence-corrected chi connectivity index (χ2v) is 9.04. The Morgan fingerprint density at radius 3 is 2.22 bits per heavy atom. The number of benzene rings is 3. The van der Waals surface area contributed by atoms with Crippen molar-refractivity contribution >= 4 is 5.78 Å². The first-order valence-electron chi connectivity index (χ1n) is 12.3. The van der Waals surface area contributed by atoms with Crippen molar-refractivity contribution in [3.63, 3.8) is 0 Å². The van der Waals surface area contributed by atoms with Gasteiger partial charge in [0.25, 0.3) is 0 Å². The largest absolute Gasteiger partial charge is 0.508 e. The van der Waals surface area contributed by atoms with Crippen molar-refractivity contribution in [3.8, 4) is 39.8 Å². The van der Waals surface area contributed by atoms with Crippen LogP contribution in [-0.4, -0.2) is 57.1 Å². The molecule has 3 N–H and O–H groups in total. The van der Waals surface area contributed by atoms with Crippen molar-refractivity contribution in [2.75, 3.05) is 19.7 Å². The van der Waals surface area contributed by atoms with E-state index in [0.29, 0.717) is 41.3 Å². The maximum Gasteiger partial charge on any atom is 0.199 e. The van der Waals surface area contributed by atoms with E-state index in [-0.39, 0.29) is 28.6 Å². The number of aliphatic hydroxyl groups is 1. The van der Waals surface area contributed by atoms with Gasteiger partial charge in [0, 0.05) is 29.8 Å². The number of phenols is 2. The maximum atomic E-state index is 13.7. The van der Waals surface area contributed by atoms with Crippen LogP contribution in [-0.2, 0) is 0 Å². The topological polar surface area (TPSA) is 116 Å². The smallest absolute Gasteiger partial charge is 0.199 e. The Balaban J connectivity index is 1.38. The fourth-order valence-corrected chi connectivity index (χ4v) is 4.49. The van der Waals surface area contributed by atoms with Gasteiger partial charge in [0.2, 0.25) is 0 Å². The van der Waals surface area contributed by atoms with Crippen molar-refractivity contribution in [1.82, 2.24) is 10.1 Å². The molecule has 0 aliphatic carbocycles. The number of nitrogens with zero attached hydrogens (tertiary/aromatic N) is 2. The summed E-state index contributed by atoms with van der Waals surface area (Å²) in [6.07, 6.45) is 2.50. The van der Waals surface area contributed by atoms with Gasteiger partial charge >= 0.3 is 0 Å². The summed E-state index contributed by atoms with van der Waals surface area (Å²) in [6.45, 7) is 1.93. The van der Waals surface area contributed by atoms with E-state index < -0.39 is 6.23 Å². The zero-order valence-corrected chi connectivity index (χ0v) is 20.2. The monoisotopic (exact) mass is 500 g/mol. The molecule has 1 unspecified atom stereocenters. The summed E-state index contributed by atoms with van der Waals surface area (Å²) in [5.41, 5.74) is 2.29. The average Bonchev–Trinajstić information content (AvgIpc) is 3.36. The number of aliphatic hydroxyl groups excluding tert-OH is 1. The Kier molecular flexibility index (Phi) is 7.20. The molecule has 4 aromatic rings. The van der Waals surface area contributed by atoms with E-state index in [4.69, 9.17) is 9.26 Å². The van der Waals surface area contributed by atoms with Gasteiger partial charge in [-0.1, -0.05) is 5.16 Å². The van der Waals surface area contributed by atoms with E-state index in [0.717, 1.165) is 25.8 Å². The van der Waals surface area contributed by atoms with E-state index in [1.165, 1.54) is 24.3 Å². The molecule has 0 radical (unpaired) electrons. The number of likely N-dealkylation sites (tertiary alicyclic amines) is 1. The van der Waals surface area contributed by atoms with Crippen LogP contribution in [0.2, 0.25) is 0 Å². The quantitative estimate of drug-likeness (QED) is 0.295. The van der Waals surface area contributed by atoms with Crippen molar-refractivity contribution in [1.29, 1.82) is 0 Å². The van der Waals surface area contributed by atoms with Gasteiger partial charge in [-0.2, -0.15) is 0 Å². The first-order chi connectivity index (χ1) is 18.0. The van der Waals surface area contributed by atoms with Crippen LogP contribution in [0.25, 0.3) is 22.6 Å². The van der Waals surface area contributed by atoms with Gasteiger partial charge in [-0.25, -0.2) is 0 Å². The molecule has 2 heterocycles. The third-order valence-electron chi connectivity index (χ3n) is 6.53. The molecule has 3 aromatic carbocycles. The lowest BCUT2D eigenvalue weighted by atomic mass is 9.95. The highest BCUT2D eigenvalue weighted by Crippen LogP contribution is 2.35. The standard InChI is InChI=1S/C29H28N2O6/c32-22-10-4-19(5-11-22)27-26(29(37-30-27)21-6-12-23(33)13-7-21)28(35)20-8-14-24(15-9-20)36-18-17-31-16-2-1-3-25(31)34/h4-15,25,32-34H,1-3,16-18H2. The van der Waals surface area contributed by atoms with Gasteiger partial charge < -0.3 is 24.6 Å². The van der Waals surface area contributed by atoms with Gasteiger partial charge in [-0.15, -0.1) is 0 Å². The normalized spacial score (nSPS) is 16.0. The first-order valence-corrected chi connectivity index (χ1v) is 12.3. The highest BCUT2D eigenvalue weighted by molar-refractivity contribution is 6.15. The zero-order chi connectivity index (χ0) is 25.8. The van der Waals surface area contributed by atoms with Crippen LogP contribution in [0.5, 0.6) is 17.2 Å². The highest BCUT2D eigenvalue weighted by Gasteiger charge is 2.26. The number of ether oxygens (including phenoxy) is 1. The van der Waals surface area contributed by atoms with Crippen LogP contribution in [0.1, 0.15) is 35.2 Å². The molecule has 8 nitrogen and oxygen atoms in total. The lowest BCUT2D eigenvalue weighted by Gasteiger charge is -2.31. The van der Waals surface area contributed by atoms with E-state index in [1.807, 2.05) is 4.90 Å². The van der Waals surface area contributed by atoms with Crippen LogP contribution in [0.3, 0.4) is 0 Å². The lowest BCUT2D eigenvalue weighted by Crippen LogP contribution is -2.41. The van der Waals surface area contributed by atoms with Gasteiger partial charge in [0.05, 0.1) is 5.56 Å². The Hall–Kier alpha value is -4.14. The van der Waals surface area contributed by atoms with E-state index >= 15 is 0 Å². The fraction of sp³-hybridized carbons (Fsp3) is 0.241. The molecule has 5 rings (SSSR count). The van der Waals surface area contributed by atoms with Gasteiger partial charge in [0.1, 0.15) is 35.8 Å². The predicted molar refractivity (Wildman–Crippen MR) is 138 cm³/mol. The average molecular weight is 501 g/mol. The molecule has 1 aliphatic heterocycles. The van der Waals surface area contributed by atoms with Crippen LogP contribution < -0.4 is 4.74 Å². The molecule has 0 spiro atoms. The SMILES string of the molecule is O=C(c1ccc(OCCN2CCCCC2O)cc1)c1c(-c2ccc(O)cc2)noc1-c1ccc(O)cc1. The third kappa shape index (κ3) is 5.50. The zero-order valence-electron chi connectivity index (χ0n) is 20.2. The van der Waals surface area contributed by atoms with E-state index in [9.17, 15) is 20.1 Å². The molecule has 1 fully saturated rings. The summed E-state index contributed by atoms with van der Waals surface area (Å²) >= 11 is 0. The number of ketones is 1. The first kappa shape index (κ1) is 24.5. The predicted octanol–water partition coefficient (Wildman–Crippen LogP) is 4.83. The van der Waals surface area contributed by atoms with Crippen LogP contribution in [0.4, 0.5) is 0 Å². The van der Waals surface area contributed by atoms with Crippen molar-refractivity contribution in [2.24, 2.45) is 0 Å². The van der Waals surface area contributed by atoms with E-state index in [2.05, 4.69) is 5.16 Å². The molecule has 1 aromatic heterocycles. The minimum absolute atomic E-state index is 0.0975.